The molecule has 0 atom stereocenters. The Labute approximate surface area is 342 Å². The lowest BCUT2D eigenvalue weighted by molar-refractivity contribution is -0.137. The lowest BCUT2D eigenvalue weighted by Crippen LogP contribution is -2.48. The van der Waals surface area contributed by atoms with E-state index in [0.717, 1.165) is 11.8 Å². The highest BCUT2D eigenvalue weighted by Crippen LogP contribution is 2.32. The smallest absolute Gasteiger partial charge is 0.383 e. The number of ether oxygens (including phenoxy) is 1. The minimum absolute atomic E-state index is 0.0190. The van der Waals surface area contributed by atoms with E-state index in [2.05, 4.69) is 4.74 Å². The molecule has 1 aliphatic rings. The van der Waals surface area contributed by atoms with E-state index in [1.165, 1.54) is 0 Å². The van der Waals surface area contributed by atoms with E-state index >= 15 is 9.18 Å². The number of likely N-dealkylation sites (tertiary alicyclic amines) is 1. The molecule has 12 heteroatoms. The highest BCUT2D eigenvalue weighted by Gasteiger charge is 2.31. The van der Waals surface area contributed by atoms with Crippen molar-refractivity contribution in [3.05, 3.63) is 135 Å². The Morgan fingerprint density at radius 2 is 1.70 bits per heavy atom. The highest BCUT2D eigenvalue weighted by atomic mass is 32.2. The van der Waals surface area contributed by atoms with Crippen LogP contribution in [0.25, 0.3) is 22.0 Å². The number of piperidine rings is 1. The van der Waals surface area contributed by atoms with E-state index in [1.807, 2.05) is 0 Å². The summed E-state index contributed by atoms with van der Waals surface area (Å²) in [5.41, 5.74) is -13.4. The number of carbonyl (C=O) groups excluding carboxylic acids is 1. The third-order valence-corrected chi connectivity index (χ3v) is 8.50. The Kier molecular flexibility index (Phi) is 5.72. The quantitative estimate of drug-likeness (QED) is 0.0939. The lowest BCUT2D eigenvalue weighted by Gasteiger charge is -2.39. The topological polar surface area (TPSA) is 54.8 Å². The number of pyridine rings is 1. The van der Waals surface area contributed by atoms with Gasteiger partial charge in [-0.1, -0.05) is 59.9 Å². The number of aromatic nitrogens is 1. The van der Waals surface area contributed by atoms with Crippen molar-refractivity contribution in [3.8, 4) is 11.1 Å². The number of halogens is 5. The van der Waals surface area contributed by atoms with E-state index in [-0.39, 0.29) is 4.57 Å². The standard InChI is InChI=1S/C41H40F5N3O3S/c1-27-6-15-36-34(22-27)37(50)23-39(53-26-31-4-3-5-35(42)40(31)43)49(36)25-38(51)48(33-16-18-47(19-17-33)20-21-52-2)24-28-7-9-29(10-8-28)30-11-13-32(14-12-30)41(44,45)46/h3-15,22-23,33H,16-21,24-26H2,1-2H3/i2D3,3D,4D,5D,6D,7D,8D,9D,10D,11D,12D,13D,14D,15D,20D2,22D,23D,25D2,26D2. The number of hydrogen-bond donors (Lipinski definition) is 0. The zero-order valence-corrected chi connectivity index (χ0v) is 28.0. The fourth-order valence-electron chi connectivity index (χ4n) is 5.14. The van der Waals surface area contributed by atoms with E-state index < -0.39 is 252 Å². The number of carbonyl (C=O) groups is 1. The first-order valence-corrected chi connectivity index (χ1v) is 16.2. The normalized spacial score (nSPS) is 21.7. The van der Waals surface area contributed by atoms with Crippen LogP contribution in [0.4, 0.5) is 22.0 Å². The predicted molar refractivity (Wildman–Crippen MR) is 198 cm³/mol. The molecule has 2 heterocycles. The van der Waals surface area contributed by atoms with Crippen LogP contribution in [0.1, 0.15) is 68.0 Å². The van der Waals surface area contributed by atoms with Gasteiger partial charge < -0.3 is 19.1 Å². The molecule has 1 amide bonds. The molecule has 1 saturated heterocycles. The summed E-state index contributed by atoms with van der Waals surface area (Å²) in [6, 6.07) is -21.0. The Balaban J connectivity index is 1.63. The molecule has 1 fully saturated rings. The molecule has 1 aliphatic heterocycles. The van der Waals surface area contributed by atoms with Gasteiger partial charge in [0.25, 0.3) is 0 Å². The Hall–Kier alpha value is -4.52. The van der Waals surface area contributed by atoms with Gasteiger partial charge in [-0.25, -0.2) is 8.78 Å². The Bertz CT molecular complexity index is 3260. The number of alkyl halides is 3. The predicted octanol–water partition coefficient (Wildman–Crippen LogP) is 8.71. The van der Waals surface area contributed by atoms with Gasteiger partial charge in [0.2, 0.25) is 5.91 Å². The summed E-state index contributed by atoms with van der Waals surface area (Å²) in [6.45, 7) is -8.58. The van der Waals surface area contributed by atoms with Crippen molar-refractivity contribution < 1.29 is 64.4 Å². The minimum Gasteiger partial charge on any atom is -0.383 e. The van der Waals surface area contributed by atoms with Crippen LogP contribution in [0.5, 0.6) is 0 Å². The maximum absolute atomic E-state index is 15.6. The van der Waals surface area contributed by atoms with Crippen molar-refractivity contribution in [1.82, 2.24) is 14.4 Å². The molecule has 6 nitrogen and oxygen atoms in total. The summed E-state index contributed by atoms with van der Waals surface area (Å²) in [5, 5.41) is -2.36. The summed E-state index contributed by atoms with van der Waals surface area (Å²) in [4.78, 5) is 31.2. The number of amides is 1. The second-order valence-electron chi connectivity index (χ2n) is 11.2. The van der Waals surface area contributed by atoms with E-state index in [4.69, 9.17) is 30.2 Å². The molecule has 6 rings (SSSR count). The van der Waals surface area contributed by atoms with Crippen molar-refractivity contribution in [2.75, 3.05) is 33.2 Å². The van der Waals surface area contributed by atoms with Gasteiger partial charge in [0, 0.05) is 67.4 Å². The molecule has 1 aromatic heterocycles. The fraction of sp³-hybridized carbons (Fsp3) is 0.317. The van der Waals surface area contributed by atoms with Crippen molar-refractivity contribution in [2.24, 2.45) is 0 Å². The SMILES string of the molecule is [2H]c1c([2H])c(F)c(F)c(C([2H])([2H])Sc2c([2H])c(=O)c3c([2H])c(C)c([2H])c([2H])c3n2C([2H])([2H])C(=O)N(Cc2c([2H])c([2H])c(-c3c([2H])c([2H])c(C(F)(F)F)c([2H])c3[2H])c([2H])c2[2H])C2CCN(C([2H])([2H])COC([2H])([2H])[2H])CC2)c1[2H]. The molecule has 0 N–H and O–H groups in total. The molecule has 4 aromatic carbocycles. The van der Waals surface area contributed by atoms with Gasteiger partial charge in [-0.15, -0.1) is 11.8 Å². The van der Waals surface area contributed by atoms with E-state index in [1.54, 1.807) is 0 Å². The first-order valence-electron chi connectivity index (χ1n) is 27.4. The van der Waals surface area contributed by atoms with Crippen LogP contribution >= 0.6 is 11.8 Å². The molecule has 5 aromatic rings. The third kappa shape index (κ3) is 9.17. The van der Waals surface area contributed by atoms with E-state index in [9.17, 15) is 25.1 Å². The van der Waals surface area contributed by atoms with Crippen LogP contribution in [0.15, 0.2) is 100 Å². The van der Waals surface area contributed by atoms with Crippen LogP contribution in [-0.2, 0) is 34.5 Å². The van der Waals surface area contributed by atoms with Gasteiger partial charge in [0.15, 0.2) is 17.1 Å². The third-order valence-electron chi connectivity index (χ3n) is 7.71. The van der Waals surface area contributed by atoms with E-state index in [0.29, 0.717) is 4.90 Å². The molecular weight excluding hydrogens is 710 g/mol. The molecule has 0 aliphatic carbocycles. The molecule has 0 unspecified atom stereocenters. The number of rotatable bonds is 12. The largest absolute Gasteiger partial charge is 0.416 e. The van der Waals surface area contributed by atoms with Crippen molar-refractivity contribution in [2.45, 2.75) is 55.8 Å². The van der Waals surface area contributed by atoms with Crippen LogP contribution < -0.4 is 5.43 Å². The Morgan fingerprint density at radius 1 is 1.00 bits per heavy atom. The first-order chi connectivity index (χ1) is 35.1. The van der Waals surface area contributed by atoms with Gasteiger partial charge >= 0.3 is 6.18 Å². The van der Waals surface area contributed by atoms with Gasteiger partial charge in [0.05, 0.1) is 50.1 Å². The molecule has 53 heavy (non-hydrogen) atoms. The number of benzene rings is 4. The average Bonchev–Trinajstić information content (AvgIpc) is 3.33. The maximum atomic E-state index is 15.6. The van der Waals surface area contributed by atoms with Gasteiger partial charge in [-0.2, -0.15) is 13.2 Å². The second-order valence-corrected chi connectivity index (χ2v) is 12.0. The van der Waals surface area contributed by atoms with Crippen LogP contribution in [0, 0.1) is 18.6 Å². The maximum Gasteiger partial charge on any atom is 0.416 e. The second kappa shape index (κ2) is 16.7. The Morgan fingerprint density at radius 3 is 2.38 bits per heavy atom. The summed E-state index contributed by atoms with van der Waals surface area (Å²) in [5.74, 6) is -6.23. The average molecular weight is 774 g/mol. The monoisotopic (exact) mass is 773 g/mol. The number of nitrogens with zero attached hydrogens (tertiary/aromatic N) is 3. The highest BCUT2D eigenvalue weighted by molar-refractivity contribution is 7.98. The van der Waals surface area contributed by atoms with Gasteiger partial charge in [-0.05, 0) is 66.7 Å². The minimum atomic E-state index is -5.44. The van der Waals surface area contributed by atoms with Crippen LogP contribution in [0.3, 0.4) is 0 Å². The van der Waals surface area contributed by atoms with Crippen molar-refractivity contribution in [1.29, 1.82) is 0 Å². The number of methoxy groups -OCH3 is 1. The zero-order valence-electron chi connectivity index (χ0n) is 51.2. The number of thioether (sulfide) groups is 1. The summed E-state index contributed by atoms with van der Waals surface area (Å²) in [7, 11) is -3.05. The van der Waals surface area contributed by atoms with Crippen molar-refractivity contribution in [3.63, 3.8) is 0 Å². The molecule has 278 valence electrons. The van der Waals surface area contributed by atoms with Crippen molar-refractivity contribution >= 4 is 28.6 Å². The lowest BCUT2D eigenvalue weighted by atomic mass is 10.00. The summed E-state index contributed by atoms with van der Waals surface area (Å²) < 4.78 is 281. The van der Waals surface area contributed by atoms with Crippen LogP contribution in [-0.4, -0.2) is 59.5 Å². The van der Waals surface area contributed by atoms with Gasteiger partial charge in [-0.3, -0.25) is 9.59 Å². The zero-order chi connectivity index (χ0) is 58.6. The molecular formula is C41H40F5N3O3S. The number of hydrogen-bond acceptors (Lipinski definition) is 5. The molecule has 0 spiro atoms. The summed E-state index contributed by atoms with van der Waals surface area (Å²) in [6.07, 6.45) is -6.30. The summed E-state index contributed by atoms with van der Waals surface area (Å²) >= 11 is -0.532. The van der Waals surface area contributed by atoms with Crippen LogP contribution in [0.2, 0.25) is 0 Å². The fourth-order valence-corrected chi connectivity index (χ4v) is 5.85. The first kappa shape index (κ1) is 18.2. The molecule has 0 bridgehead atoms. The molecule has 0 radical (unpaired) electrons. The number of fused-ring (bicyclic) bond motifs is 1. The molecule has 0 saturated carbocycles. The van der Waals surface area contributed by atoms with Gasteiger partial charge in [0.1, 0.15) is 6.50 Å².